The first-order valence-corrected chi connectivity index (χ1v) is 14.2. The molecule has 1 spiro atoms. The highest BCUT2D eigenvalue weighted by atomic mass is 35.5. The Kier molecular flexibility index (Phi) is 5.24. The summed E-state index contributed by atoms with van der Waals surface area (Å²) in [6.07, 6.45) is 4.46. The molecule has 7 heteroatoms. The van der Waals surface area contributed by atoms with Gasteiger partial charge in [-0.1, -0.05) is 42.5 Å². The van der Waals surface area contributed by atoms with Crippen molar-refractivity contribution in [3.05, 3.63) is 94.5 Å². The van der Waals surface area contributed by atoms with Crippen LogP contribution in [0.5, 0.6) is 11.5 Å². The third-order valence-electron chi connectivity index (χ3n) is 10.3. The average Bonchev–Trinajstić information content (AvgIpc) is 3.59. The second kappa shape index (κ2) is 8.48. The van der Waals surface area contributed by atoms with E-state index in [2.05, 4.69) is 17.0 Å². The minimum absolute atomic E-state index is 0. The average molecular weight is 560 g/mol. The van der Waals surface area contributed by atoms with Crippen molar-refractivity contribution in [2.45, 2.75) is 61.9 Å². The highest BCUT2D eigenvalue weighted by Crippen LogP contribution is 2.70. The lowest BCUT2D eigenvalue weighted by molar-refractivity contribution is -0.213. The number of hydrogen-bond acceptors (Lipinski definition) is 5. The van der Waals surface area contributed by atoms with Gasteiger partial charge in [0, 0.05) is 41.1 Å². The summed E-state index contributed by atoms with van der Waals surface area (Å²) >= 11 is 0. The third-order valence-corrected chi connectivity index (χ3v) is 10.3. The molecule has 3 aliphatic carbocycles. The van der Waals surface area contributed by atoms with Gasteiger partial charge in [0.1, 0.15) is 22.8 Å². The SMILES string of the molecule is Cl.Oc1ccc2c3c1O[C@H]1c4oc5ccccc5c4C[C@@]4(OCc5ccccc5F)[C@H](C2)N(CC2CC2)CC[C@]314. The zero-order chi connectivity index (χ0) is 25.9. The van der Waals surface area contributed by atoms with Gasteiger partial charge in [0.25, 0.3) is 0 Å². The maximum Gasteiger partial charge on any atom is 0.169 e. The molecular formula is C33H31ClFNO4. The number of aromatic hydroxyl groups is 1. The maximum absolute atomic E-state index is 14.9. The summed E-state index contributed by atoms with van der Waals surface area (Å²) in [7, 11) is 0. The van der Waals surface area contributed by atoms with Gasteiger partial charge in [-0.15, -0.1) is 12.4 Å². The number of phenols is 1. The van der Waals surface area contributed by atoms with Crippen molar-refractivity contribution >= 4 is 23.4 Å². The molecular weight excluding hydrogens is 529 g/mol. The van der Waals surface area contributed by atoms with E-state index in [-0.39, 0.29) is 36.6 Å². The Balaban J connectivity index is 0.00000245. The van der Waals surface area contributed by atoms with E-state index in [0.29, 0.717) is 17.7 Å². The molecule has 9 rings (SSSR count). The fourth-order valence-electron chi connectivity index (χ4n) is 8.49. The van der Waals surface area contributed by atoms with Crippen LogP contribution in [-0.2, 0) is 29.6 Å². The lowest BCUT2D eigenvalue weighted by Crippen LogP contribution is -2.75. The molecule has 1 saturated carbocycles. The molecule has 4 atom stereocenters. The highest BCUT2D eigenvalue weighted by Gasteiger charge is 2.74. The Hall–Kier alpha value is -3.06. The van der Waals surface area contributed by atoms with E-state index >= 15 is 0 Å². The van der Waals surface area contributed by atoms with Crippen molar-refractivity contribution in [2.75, 3.05) is 13.1 Å². The first kappa shape index (κ1) is 24.7. The van der Waals surface area contributed by atoms with Crippen LogP contribution in [0.2, 0.25) is 0 Å². The van der Waals surface area contributed by atoms with E-state index in [0.717, 1.165) is 59.7 Å². The molecule has 0 unspecified atom stereocenters. The number of fused-ring (bicyclic) bond motifs is 4. The number of ether oxygens (including phenoxy) is 2. The smallest absolute Gasteiger partial charge is 0.169 e. The molecule has 1 aromatic heterocycles. The van der Waals surface area contributed by atoms with Crippen LogP contribution in [0, 0.1) is 11.7 Å². The number of rotatable bonds is 5. The van der Waals surface area contributed by atoms with Crippen molar-refractivity contribution in [1.82, 2.24) is 4.90 Å². The van der Waals surface area contributed by atoms with Gasteiger partial charge >= 0.3 is 0 Å². The molecule has 2 fully saturated rings. The van der Waals surface area contributed by atoms with E-state index in [1.54, 1.807) is 12.1 Å². The summed E-state index contributed by atoms with van der Waals surface area (Å²) in [5, 5.41) is 12.1. The summed E-state index contributed by atoms with van der Waals surface area (Å²) in [4.78, 5) is 2.66. The monoisotopic (exact) mass is 559 g/mol. The van der Waals surface area contributed by atoms with Crippen LogP contribution < -0.4 is 4.74 Å². The number of phenolic OH excluding ortho intramolecular Hbond substituents is 1. The Morgan fingerprint density at radius 3 is 2.73 bits per heavy atom. The Morgan fingerprint density at radius 2 is 1.88 bits per heavy atom. The number of halogens is 2. The number of para-hydroxylation sites is 1. The summed E-state index contributed by atoms with van der Waals surface area (Å²) in [6, 6.07) is 19.0. The largest absolute Gasteiger partial charge is 0.504 e. The van der Waals surface area contributed by atoms with Crippen molar-refractivity contribution in [2.24, 2.45) is 5.92 Å². The van der Waals surface area contributed by atoms with Gasteiger partial charge in [-0.25, -0.2) is 4.39 Å². The number of piperidine rings is 1. The second-order valence-electron chi connectivity index (χ2n) is 12.2. The summed E-state index contributed by atoms with van der Waals surface area (Å²) in [5.41, 5.74) is 3.62. The molecule has 2 bridgehead atoms. The zero-order valence-electron chi connectivity index (χ0n) is 22.1. The van der Waals surface area contributed by atoms with Gasteiger partial charge < -0.3 is 19.0 Å². The van der Waals surface area contributed by atoms with Crippen LogP contribution in [0.1, 0.15) is 53.4 Å². The van der Waals surface area contributed by atoms with E-state index in [1.165, 1.54) is 24.5 Å². The molecule has 0 radical (unpaired) electrons. The van der Waals surface area contributed by atoms with Crippen LogP contribution in [-0.4, -0.2) is 34.7 Å². The highest BCUT2D eigenvalue weighted by molar-refractivity contribution is 5.85. The van der Waals surface area contributed by atoms with Crippen molar-refractivity contribution in [3.8, 4) is 11.5 Å². The molecule has 1 saturated heterocycles. The van der Waals surface area contributed by atoms with Gasteiger partial charge in [-0.3, -0.25) is 4.90 Å². The normalized spacial score (nSPS) is 29.4. The molecule has 5 nitrogen and oxygen atoms in total. The first-order chi connectivity index (χ1) is 19.1. The molecule has 206 valence electrons. The van der Waals surface area contributed by atoms with Crippen LogP contribution in [0.3, 0.4) is 0 Å². The van der Waals surface area contributed by atoms with Crippen molar-refractivity contribution < 1.29 is 23.4 Å². The van der Waals surface area contributed by atoms with Gasteiger partial charge in [-0.05, 0) is 61.9 Å². The van der Waals surface area contributed by atoms with Gasteiger partial charge in [0.2, 0.25) is 0 Å². The predicted octanol–water partition coefficient (Wildman–Crippen LogP) is 6.62. The quantitative estimate of drug-likeness (QED) is 0.298. The van der Waals surface area contributed by atoms with E-state index in [1.807, 2.05) is 30.3 Å². The Morgan fingerprint density at radius 1 is 1.05 bits per heavy atom. The summed E-state index contributed by atoms with van der Waals surface area (Å²) in [5.74, 6) is 2.07. The van der Waals surface area contributed by atoms with Crippen molar-refractivity contribution in [1.29, 1.82) is 0 Å². The lowest BCUT2D eigenvalue weighted by Gasteiger charge is -2.64. The molecule has 5 aliphatic rings. The number of furan rings is 1. The van der Waals surface area contributed by atoms with Crippen molar-refractivity contribution in [3.63, 3.8) is 0 Å². The fraction of sp³-hybridized carbons (Fsp3) is 0.394. The molecule has 2 aliphatic heterocycles. The van der Waals surface area contributed by atoms with E-state index in [4.69, 9.17) is 13.9 Å². The molecule has 40 heavy (non-hydrogen) atoms. The number of nitrogens with zero attached hydrogens (tertiary/aromatic N) is 1. The third kappa shape index (κ3) is 3.05. The molecule has 0 amide bonds. The van der Waals surface area contributed by atoms with E-state index < -0.39 is 17.1 Å². The van der Waals surface area contributed by atoms with Crippen LogP contribution in [0.25, 0.3) is 11.0 Å². The van der Waals surface area contributed by atoms with Gasteiger partial charge in [0.05, 0.1) is 12.0 Å². The Labute approximate surface area is 238 Å². The van der Waals surface area contributed by atoms with E-state index in [9.17, 15) is 9.50 Å². The van der Waals surface area contributed by atoms with Crippen LogP contribution >= 0.6 is 12.4 Å². The molecule has 4 aromatic rings. The van der Waals surface area contributed by atoms with Gasteiger partial charge in [0.15, 0.2) is 17.6 Å². The zero-order valence-corrected chi connectivity index (χ0v) is 22.9. The summed E-state index contributed by atoms with van der Waals surface area (Å²) < 4.78 is 35.5. The second-order valence-corrected chi connectivity index (χ2v) is 12.2. The molecule has 1 N–H and O–H groups in total. The standard InChI is InChI=1S/C33H30FNO4.ClH/c34-24-7-3-1-5-21(24)18-37-33-16-23-22-6-2-4-8-26(22)38-29(23)31-32(33)13-14-35(17-19-9-10-19)27(33)15-20-11-12-25(36)30(39-31)28(20)32;/h1-8,11-12,19,27,31,36H,9-10,13-18H2;1H/t27-,31-,32-,33+;/m0./s1. The molecule has 3 heterocycles. The topological polar surface area (TPSA) is 55.1 Å². The minimum Gasteiger partial charge on any atom is -0.504 e. The van der Waals surface area contributed by atoms with Gasteiger partial charge in [-0.2, -0.15) is 0 Å². The Bertz CT molecular complexity index is 1670. The minimum atomic E-state index is -0.668. The first-order valence-electron chi connectivity index (χ1n) is 14.2. The summed E-state index contributed by atoms with van der Waals surface area (Å²) in [6.45, 7) is 2.19. The molecule has 3 aromatic carbocycles. The lowest BCUT2D eigenvalue weighted by atomic mass is 9.49. The maximum atomic E-state index is 14.9. The predicted molar refractivity (Wildman–Crippen MR) is 151 cm³/mol. The number of benzene rings is 3. The van der Waals surface area contributed by atoms with Crippen LogP contribution in [0.15, 0.2) is 65.1 Å². The fourth-order valence-corrected chi connectivity index (χ4v) is 8.49. The number of likely N-dealkylation sites (tertiary alicyclic amines) is 1. The van der Waals surface area contributed by atoms with Crippen LogP contribution in [0.4, 0.5) is 4.39 Å². The number of hydrogen-bond donors (Lipinski definition) is 1.